The summed E-state index contributed by atoms with van der Waals surface area (Å²) in [4.78, 5) is 65.1. The molecule has 5 rings (SSSR count). The molecule has 2 aliphatic heterocycles. The third-order valence-corrected chi connectivity index (χ3v) is 6.52. The third-order valence-electron chi connectivity index (χ3n) is 6.52. The van der Waals surface area contributed by atoms with Gasteiger partial charge in [0, 0.05) is 12.8 Å². The highest BCUT2D eigenvalue weighted by molar-refractivity contribution is 6.02. The number of hydrogen-bond donors (Lipinski definition) is 0. The number of rotatable bonds is 8. The maximum absolute atomic E-state index is 13.1. The van der Waals surface area contributed by atoms with Crippen molar-refractivity contribution in [1.29, 1.82) is 0 Å². The van der Waals surface area contributed by atoms with Gasteiger partial charge in [-0.15, -0.1) is 0 Å². The molecule has 0 aromatic heterocycles. The van der Waals surface area contributed by atoms with Gasteiger partial charge in [0.25, 0.3) is 0 Å². The van der Waals surface area contributed by atoms with Crippen LogP contribution in [0.1, 0.15) is 43.9 Å². The van der Waals surface area contributed by atoms with E-state index in [0.29, 0.717) is 0 Å². The zero-order chi connectivity index (χ0) is 28.1. The lowest BCUT2D eigenvalue weighted by Crippen LogP contribution is -2.49. The van der Waals surface area contributed by atoms with Crippen molar-refractivity contribution < 1.29 is 42.9 Å². The molecule has 0 bridgehead atoms. The molecule has 3 aromatic carbocycles. The second kappa shape index (κ2) is 11.9. The van der Waals surface area contributed by atoms with E-state index in [1.807, 2.05) is 0 Å². The molecule has 2 heterocycles. The Balaban J connectivity index is 1.46. The van der Waals surface area contributed by atoms with Gasteiger partial charge in [-0.25, -0.2) is 14.4 Å². The van der Waals surface area contributed by atoms with E-state index >= 15 is 0 Å². The SMILES string of the molecule is O=C(OC[C@H]1O[C@@H](N2C(=O)CCC2=O)[C@@H](OC(=O)c2ccccc2)[C@@H]1OC(=O)c1ccccc1)c1ccccc1. The van der Waals surface area contributed by atoms with Gasteiger partial charge in [0.2, 0.25) is 11.8 Å². The van der Waals surface area contributed by atoms with Gasteiger partial charge in [0.1, 0.15) is 12.7 Å². The Bertz CT molecular complexity index is 1380. The smallest absolute Gasteiger partial charge is 0.338 e. The lowest BCUT2D eigenvalue weighted by atomic mass is 10.1. The fraction of sp³-hybridized carbons (Fsp3) is 0.233. The number of imide groups is 1. The second-order valence-corrected chi connectivity index (χ2v) is 9.16. The molecule has 2 amide bonds. The van der Waals surface area contributed by atoms with Gasteiger partial charge in [-0.05, 0) is 36.4 Å². The lowest BCUT2D eigenvalue weighted by Gasteiger charge is -2.28. The number of carbonyl (C=O) groups is 5. The van der Waals surface area contributed by atoms with Crippen molar-refractivity contribution in [2.45, 2.75) is 37.4 Å². The van der Waals surface area contributed by atoms with Gasteiger partial charge in [-0.2, -0.15) is 0 Å². The zero-order valence-corrected chi connectivity index (χ0v) is 21.2. The quantitative estimate of drug-likeness (QED) is 0.239. The maximum atomic E-state index is 13.1. The Morgan fingerprint density at radius 1 is 0.650 bits per heavy atom. The van der Waals surface area contributed by atoms with Gasteiger partial charge in [-0.1, -0.05) is 54.6 Å². The highest BCUT2D eigenvalue weighted by Gasteiger charge is 2.55. The van der Waals surface area contributed by atoms with E-state index in [2.05, 4.69) is 0 Å². The number of nitrogens with zero attached hydrogens (tertiary/aromatic N) is 1. The van der Waals surface area contributed by atoms with Crippen LogP contribution in [0.25, 0.3) is 0 Å². The van der Waals surface area contributed by atoms with Gasteiger partial charge in [-0.3, -0.25) is 14.5 Å². The van der Waals surface area contributed by atoms with Crippen LogP contribution in [0, 0.1) is 0 Å². The summed E-state index contributed by atoms with van der Waals surface area (Å²) in [5, 5.41) is 0. The first-order valence-corrected chi connectivity index (χ1v) is 12.7. The van der Waals surface area contributed by atoms with Gasteiger partial charge < -0.3 is 18.9 Å². The third kappa shape index (κ3) is 5.76. The monoisotopic (exact) mass is 543 g/mol. The predicted molar refractivity (Wildman–Crippen MR) is 138 cm³/mol. The van der Waals surface area contributed by atoms with Crippen molar-refractivity contribution in [1.82, 2.24) is 4.90 Å². The molecule has 10 nitrogen and oxygen atoms in total. The second-order valence-electron chi connectivity index (χ2n) is 9.16. The molecule has 10 heteroatoms. The standard InChI is InChI=1S/C30H25NO9/c32-23-16-17-24(33)31(23)27-26(40-30(36)21-14-8-3-9-15-21)25(39-29(35)20-12-6-2-7-13-20)22(38-27)18-37-28(34)19-10-4-1-5-11-19/h1-15,22,25-27H,16-18H2/t22-,25-,26+,27-/m1/s1. The summed E-state index contributed by atoms with van der Waals surface area (Å²) < 4.78 is 23.0. The molecule has 0 N–H and O–H groups in total. The predicted octanol–water partition coefficient (Wildman–Crippen LogP) is 3.17. The number of benzene rings is 3. The summed E-state index contributed by atoms with van der Waals surface area (Å²) in [6, 6.07) is 24.4. The number of esters is 3. The minimum Gasteiger partial charge on any atom is -0.459 e. The minimum absolute atomic E-state index is 0.0415. The van der Waals surface area contributed by atoms with Gasteiger partial charge in [0.15, 0.2) is 18.4 Å². The molecule has 40 heavy (non-hydrogen) atoms. The molecule has 2 fully saturated rings. The number of hydrogen-bond acceptors (Lipinski definition) is 9. The molecular formula is C30H25NO9. The van der Waals surface area contributed by atoms with E-state index in [9.17, 15) is 24.0 Å². The van der Waals surface area contributed by atoms with Crippen molar-refractivity contribution in [2.24, 2.45) is 0 Å². The van der Waals surface area contributed by atoms with Gasteiger partial charge >= 0.3 is 17.9 Å². The molecule has 0 radical (unpaired) electrons. The molecule has 4 atom stereocenters. The highest BCUT2D eigenvalue weighted by atomic mass is 16.7. The van der Waals surface area contributed by atoms with Crippen molar-refractivity contribution in [2.75, 3.05) is 6.61 Å². The zero-order valence-electron chi connectivity index (χ0n) is 21.2. The highest BCUT2D eigenvalue weighted by Crippen LogP contribution is 2.33. The summed E-state index contributed by atoms with van der Waals surface area (Å²) in [5.74, 6) is -3.24. The average molecular weight is 544 g/mol. The summed E-state index contributed by atoms with van der Waals surface area (Å²) in [6.45, 7) is -0.410. The number of amides is 2. The first-order chi connectivity index (χ1) is 19.4. The van der Waals surface area contributed by atoms with Crippen molar-refractivity contribution >= 4 is 29.7 Å². The van der Waals surface area contributed by atoms with Crippen molar-refractivity contribution in [3.05, 3.63) is 108 Å². The van der Waals surface area contributed by atoms with Crippen LogP contribution in [0.4, 0.5) is 0 Å². The normalized spacial score (nSPS) is 22.1. The van der Waals surface area contributed by atoms with Crippen LogP contribution in [0.2, 0.25) is 0 Å². The molecule has 3 aromatic rings. The van der Waals surface area contributed by atoms with Crippen LogP contribution in [0.5, 0.6) is 0 Å². The first kappa shape index (κ1) is 26.8. The van der Waals surface area contributed by atoms with E-state index in [-0.39, 0.29) is 29.5 Å². The molecular weight excluding hydrogens is 518 g/mol. The number of carbonyl (C=O) groups excluding carboxylic acids is 5. The van der Waals surface area contributed by atoms with E-state index in [1.54, 1.807) is 78.9 Å². The van der Waals surface area contributed by atoms with E-state index in [1.165, 1.54) is 12.1 Å². The van der Waals surface area contributed by atoms with Crippen molar-refractivity contribution in [3.63, 3.8) is 0 Å². The molecule has 0 saturated carbocycles. The summed E-state index contributed by atoms with van der Waals surface area (Å²) in [6.07, 6.45) is -5.37. The molecule has 0 aliphatic carbocycles. The van der Waals surface area contributed by atoms with E-state index in [0.717, 1.165) is 4.90 Å². The maximum Gasteiger partial charge on any atom is 0.338 e. The van der Waals surface area contributed by atoms with Gasteiger partial charge in [0.05, 0.1) is 16.7 Å². The lowest BCUT2D eigenvalue weighted by molar-refractivity contribution is -0.160. The Morgan fingerprint density at radius 3 is 1.55 bits per heavy atom. The molecule has 0 spiro atoms. The van der Waals surface area contributed by atoms with Crippen LogP contribution in [-0.2, 0) is 28.5 Å². The summed E-state index contributed by atoms with van der Waals surface area (Å²) in [5.41, 5.74) is 0.701. The molecule has 2 saturated heterocycles. The van der Waals surface area contributed by atoms with Crippen LogP contribution >= 0.6 is 0 Å². The average Bonchev–Trinajstić information content (AvgIpc) is 3.50. The van der Waals surface area contributed by atoms with Crippen LogP contribution in [0.15, 0.2) is 91.0 Å². The number of likely N-dealkylation sites (tertiary alicyclic amines) is 1. The summed E-state index contributed by atoms with van der Waals surface area (Å²) >= 11 is 0. The Kier molecular flexibility index (Phi) is 7.97. The van der Waals surface area contributed by atoms with Crippen molar-refractivity contribution in [3.8, 4) is 0 Å². The Hall–Kier alpha value is -4.83. The molecule has 204 valence electrons. The topological polar surface area (TPSA) is 126 Å². The first-order valence-electron chi connectivity index (χ1n) is 12.7. The Labute approximate surface area is 229 Å². The largest absolute Gasteiger partial charge is 0.459 e. The molecule has 0 unspecified atom stereocenters. The minimum atomic E-state index is -1.40. The molecule has 2 aliphatic rings. The number of ether oxygens (including phenoxy) is 4. The Morgan fingerprint density at radius 2 is 1.07 bits per heavy atom. The van der Waals surface area contributed by atoms with E-state index < -0.39 is 60.9 Å². The van der Waals surface area contributed by atoms with Crippen LogP contribution in [-0.4, -0.2) is 65.8 Å². The van der Waals surface area contributed by atoms with E-state index in [4.69, 9.17) is 18.9 Å². The van der Waals surface area contributed by atoms with Crippen LogP contribution in [0.3, 0.4) is 0 Å². The van der Waals surface area contributed by atoms with Crippen LogP contribution < -0.4 is 0 Å². The fourth-order valence-corrected chi connectivity index (χ4v) is 4.54. The fourth-order valence-electron chi connectivity index (χ4n) is 4.54. The summed E-state index contributed by atoms with van der Waals surface area (Å²) in [7, 11) is 0.